The molecular weight excluding hydrogens is 224 g/mol. The van der Waals surface area contributed by atoms with Gasteiger partial charge in [0.05, 0.1) is 13.2 Å². The lowest BCUT2D eigenvalue weighted by atomic mass is 10.2. The van der Waals surface area contributed by atoms with E-state index in [-0.39, 0.29) is 0 Å². The molecule has 1 aromatic carbocycles. The van der Waals surface area contributed by atoms with Crippen LogP contribution >= 0.6 is 0 Å². The van der Waals surface area contributed by atoms with E-state index in [4.69, 9.17) is 4.74 Å². The Kier molecular flexibility index (Phi) is 8.47. The van der Waals surface area contributed by atoms with Gasteiger partial charge in [0, 0.05) is 25.7 Å². The van der Waals surface area contributed by atoms with Crippen LogP contribution in [0.2, 0.25) is 0 Å². The van der Waals surface area contributed by atoms with Gasteiger partial charge < -0.3 is 15.4 Å². The third kappa shape index (κ3) is 7.43. The van der Waals surface area contributed by atoms with Crippen LogP contribution in [0.4, 0.5) is 0 Å². The van der Waals surface area contributed by atoms with Crippen LogP contribution < -0.4 is 10.6 Å². The smallest absolute Gasteiger partial charge is 0.0591 e. The first-order chi connectivity index (χ1) is 8.83. The maximum absolute atomic E-state index is 5.54. The Bertz CT molecular complexity index is 290. The minimum absolute atomic E-state index is 0.588. The predicted octanol–water partition coefficient (Wildman–Crippen LogP) is 2.18. The lowest BCUT2D eigenvalue weighted by Gasteiger charge is -2.11. The van der Waals surface area contributed by atoms with Crippen molar-refractivity contribution < 1.29 is 4.74 Å². The molecule has 3 heteroatoms. The second-order valence-corrected chi connectivity index (χ2v) is 4.54. The molecule has 2 N–H and O–H groups in total. The Morgan fingerprint density at radius 3 is 2.56 bits per heavy atom. The molecule has 0 spiro atoms. The minimum Gasteiger partial charge on any atom is -0.379 e. The van der Waals surface area contributed by atoms with Crippen LogP contribution in [-0.4, -0.2) is 32.3 Å². The first kappa shape index (κ1) is 15.2. The monoisotopic (exact) mass is 250 g/mol. The second-order valence-electron chi connectivity index (χ2n) is 4.54. The highest BCUT2D eigenvalue weighted by Gasteiger charge is 1.96. The Hall–Kier alpha value is -0.900. The summed E-state index contributed by atoms with van der Waals surface area (Å²) < 4.78 is 5.54. The Labute approximate surface area is 111 Å². The summed E-state index contributed by atoms with van der Waals surface area (Å²) >= 11 is 0. The van der Waals surface area contributed by atoms with E-state index in [0.29, 0.717) is 6.04 Å². The van der Waals surface area contributed by atoms with Gasteiger partial charge in [-0.05, 0) is 18.9 Å². The lowest BCUT2D eigenvalue weighted by Crippen LogP contribution is -2.29. The van der Waals surface area contributed by atoms with E-state index in [1.807, 2.05) is 6.07 Å². The summed E-state index contributed by atoms with van der Waals surface area (Å²) in [6.07, 6.45) is 1.17. The molecular formula is C15H26N2O. The van der Waals surface area contributed by atoms with Gasteiger partial charge in [-0.1, -0.05) is 37.3 Å². The van der Waals surface area contributed by atoms with Gasteiger partial charge in [-0.2, -0.15) is 0 Å². The molecule has 3 nitrogen and oxygen atoms in total. The van der Waals surface area contributed by atoms with Gasteiger partial charge in [-0.25, -0.2) is 0 Å². The fraction of sp³-hybridized carbons (Fsp3) is 0.600. The van der Waals surface area contributed by atoms with Crippen molar-refractivity contribution in [2.24, 2.45) is 0 Å². The molecule has 0 aliphatic carbocycles. The molecule has 0 radical (unpaired) electrons. The molecule has 0 heterocycles. The van der Waals surface area contributed by atoms with Gasteiger partial charge in [-0.15, -0.1) is 0 Å². The van der Waals surface area contributed by atoms with Gasteiger partial charge in [0.2, 0.25) is 0 Å². The summed E-state index contributed by atoms with van der Waals surface area (Å²) in [6.45, 7) is 8.70. The van der Waals surface area contributed by atoms with E-state index in [2.05, 4.69) is 48.7 Å². The summed E-state index contributed by atoms with van der Waals surface area (Å²) in [7, 11) is 0. The molecule has 18 heavy (non-hydrogen) atoms. The molecule has 0 fully saturated rings. The molecule has 1 rings (SSSR count). The fourth-order valence-electron chi connectivity index (χ4n) is 1.60. The summed E-state index contributed by atoms with van der Waals surface area (Å²) in [4.78, 5) is 0. The molecule has 0 aliphatic rings. The molecule has 1 unspecified atom stereocenters. The first-order valence-corrected chi connectivity index (χ1v) is 6.88. The highest BCUT2D eigenvalue weighted by molar-refractivity contribution is 5.14. The molecule has 102 valence electrons. The lowest BCUT2D eigenvalue weighted by molar-refractivity contribution is 0.135. The maximum Gasteiger partial charge on any atom is 0.0591 e. The average Bonchev–Trinajstić information content (AvgIpc) is 2.42. The average molecular weight is 250 g/mol. The molecule has 0 bridgehead atoms. The highest BCUT2D eigenvalue weighted by Crippen LogP contribution is 1.96. The standard InChI is InChI=1S/C15H26N2O/c1-3-14(2)17-10-12-18-11-9-16-13-15-7-5-4-6-8-15/h4-8,14,16-17H,3,9-13H2,1-2H3. The second kappa shape index (κ2) is 10.1. The van der Waals surface area contributed by atoms with Crippen molar-refractivity contribution in [1.29, 1.82) is 0 Å². The molecule has 0 amide bonds. The number of hydrogen-bond donors (Lipinski definition) is 2. The Morgan fingerprint density at radius 1 is 1.11 bits per heavy atom. The van der Waals surface area contributed by atoms with Crippen molar-refractivity contribution in [1.82, 2.24) is 10.6 Å². The third-order valence-corrected chi connectivity index (χ3v) is 2.95. The maximum atomic E-state index is 5.54. The van der Waals surface area contributed by atoms with Crippen molar-refractivity contribution >= 4 is 0 Å². The number of hydrogen-bond acceptors (Lipinski definition) is 3. The predicted molar refractivity (Wildman–Crippen MR) is 76.7 cm³/mol. The van der Waals surface area contributed by atoms with E-state index >= 15 is 0 Å². The van der Waals surface area contributed by atoms with Crippen molar-refractivity contribution in [3.63, 3.8) is 0 Å². The van der Waals surface area contributed by atoms with Gasteiger partial charge in [0.25, 0.3) is 0 Å². The molecule has 1 atom stereocenters. The van der Waals surface area contributed by atoms with Crippen LogP contribution in [0.5, 0.6) is 0 Å². The fourth-order valence-corrected chi connectivity index (χ4v) is 1.60. The summed E-state index contributed by atoms with van der Waals surface area (Å²) in [5.41, 5.74) is 1.32. The molecule has 0 saturated heterocycles. The summed E-state index contributed by atoms with van der Waals surface area (Å²) in [5.74, 6) is 0. The molecule has 0 aromatic heterocycles. The van der Waals surface area contributed by atoms with E-state index in [1.165, 1.54) is 12.0 Å². The summed E-state index contributed by atoms with van der Waals surface area (Å²) in [6, 6.07) is 11.0. The van der Waals surface area contributed by atoms with Crippen LogP contribution in [0, 0.1) is 0 Å². The SMILES string of the molecule is CCC(C)NCCOCCNCc1ccccc1. The largest absolute Gasteiger partial charge is 0.379 e. The van der Waals surface area contributed by atoms with Gasteiger partial charge in [-0.3, -0.25) is 0 Å². The number of rotatable bonds is 10. The first-order valence-electron chi connectivity index (χ1n) is 6.88. The van der Waals surface area contributed by atoms with E-state index in [9.17, 15) is 0 Å². The quantitative estimate of drug-likeness (QED) is 0.625. The van der Waals surface area contributed by atoms with Gasteiger partial charge in [0.1, 0.15) is 0 Å². The van der Waals surface area contributed by atoms with E-state index in [1.54, 1.807) is 0 Å². The van der Waals surface area contributed by atoms with Crippen LogP contribution in [0.25, 0.3) is 0 Å². The molecule has 1 aromatic rings. The zero-order chi connectivity index (χ0) is 13.1. The molecule has 0 saturated carbocycles. The van der Waals surface area contributed by atoms with Gasteiger partial charge in [0.15, 0.2) is 0 Å². The number of ether oxygens (including phenoxy) is 1. The van der Waals surface area contributed by atoms with Crippen molar-refractivity contribution in [3.8, 4) is 0 Å². The van der Waals surface area contributed by atoms with Crippen LogP contribution in [-0.2, 0) is 11.3 Å². The van der Waals surface area contributed by atoms with E-state index in [0.717, 1.165) is 32.8 Å². The molecule has 0 aliphatic heterocycles. The Morgan fingerprint density at radius 2 is 1.83 bits per heavy atom. The normalized spacial score (nSPS) is 12.6. The van der Waals surface area contributed by atoms with E-state index < -0.39 is 0 Å². The van der Waals surface area contributed by atoms with Crippen LogP contribution in [0.3, 0.4) is 0 Å². The topological polar surface area (TPSA) is 33.3 Å². The van der Waals surface area contributed by atoms with Crippen molar-refractivity contribution in [3.05, 3.63) is 35.9 Å². The summed E-state index contributed by atoms with van der Waals surface area (Å²) in [5, 5.41) is 6.77. The highest BCUT2D eigenvalue weighted by atomic mass is 16.5. The Balaban J connectivity index is 1.87. The van der Waals surface area contributed by atoms with Crippen molar-refractivity contribution in [2.45, 2.75) is 32.9 Å². The van der Waals surface area contributed by atoms with Crippen molar-refractivity contribution in [2.75, 3.05) is 26.3 Å². The van der Waals surface area contributed by atoms with Crippen LogP contribution in [0.15, 0.2) is 30.3 Å². The number of nitrogens with one attached hydrogen (secondary N) is 2. The van der Waals surface area contributed by atoms with Gasteiger partial charge >= 0.3 is 0 Å². The number of benzene rings is 1. The third-order valence-electron chi connectivity index (χ3n) is 2.95. The minimum atomic E-state index is 0.588. The zero-order valence-electron chi connectivity index (χ0n) is 11.6. The zero-order valence-corrected chi connectivity index (χ0v) is 11.6. The van der Waals surface area contributed by atoms with Crippen LogP contribution in [0.1, 0.15) is 25.8 Å².